The van der Waals surface area contributed by atoms with E-state index < -0.39 is 12.0 Å². The van der Waals surface area contributed by atoms with E-state index in [0.29, 0.717) is 25.7 Å². The van der Waals surface area contributed by atoms with Gasteiger partial charge in [0.25, 0.3) is 0 Å². The minimum Gasteiger partial charge on any atom is -0.481 e. The van der Waals surface area contributed by atoms with Crippen LogP contribution in [0.15, 0.2) is 0 Å². The highest BCUT2D eigenvalue weighted by atomic mass is 16.4. The molecule has 2 N–H and O–H groups in total. The number of carboxylic acid groups (broad SMARTS) is 1. The van der Waals surface area contributed by atoms with Crippen LogP contribution in [-0.4, -0.2) is 45.8 Å². The minimum absolute atomic E-state index is 0.0827. The second-order valence-corrected chi connectivity index (χ2v) is 7.62. The van der Waals surface area contributed by atoms with Gasteiger partial charge in [-0.15, -0.1) is 0 Å². The van der Waals surface area contributed by atoms with Crippen molar-refractivity contribution in [2.24, 2.45) is 17.8 Å². The Kier molecular flexibility index (Phi) is 5.11. The molecule has 1 aliphatic heterocycles. The van der Waals surface area contributed by atoms with Gasteiger partial charge >= 0.3 is 5.97 Å². The molecule has 3 amide bonds. The number of likely N-dealkylation sites (tertiary alicyclic amines) is 1. The molecule has 3 rings (SSSR count). The molecule has 0 radical (unpaired) electrons. The van der Waals surface area contributed by atoms with Gasteiger partial charge in [-0.25, -0.2) is 0 Å². The zero-order valence-electron chi connectivity index (χ0n) is 14.6. The fourth-order valence-corrected chi connectivity index (χ4v) is 4.49. The second-order valence-electron chi connectivity index (χ2n) is 7.62. The summed E-state index contributed by atoms with van der Waals surface area (Å²) >= 11 is 0. The number of carbonyl (C=O) groups excluding carboxylic acids is 3. The lowest BCUT2D eigenvalue weighted by molar-refractivity contribution is -0.148. The van der Waals surface area contributed by atoms with Crippen LogP contribution in [0.3, 0.4) is 0 Å². The summed E-state index contributed by atoms with van der Waals surface area (Å²) in [6.45, 7) is 1.60. The smallest absolute Gasteiger partial charge is 0.306 e. The Bertz CT molecular complexity index is 558. The Hall–Kier alpha value is -1.92. The molecule has 2 saturated carbocycles. The van der Waals surface area contributed by atoms with E-state index in [9.17, 15) is 19.2 Å². The van der Waals surface area contributed by atoms with Gasteiger partial charge in [0.1, 0.15) is 6.04 Å². The van der Waals surface area contributed by atoms with E-state index in [-0.39, 0.29) is 41.5 Å². The third-order valence-corrected chi connectivity index (χ3v) is 6.06. The molecule has 3 atom stereocenters. The molecule has 0 aromatic heterocycles. The molecule has 1 heterocycles. The van der Waals surface area contributed by atoms with Crippen molar-refractivity contribution in [1.82, 2.24) is 10.2 Å². The van der Waals surface area contributed by atoms with Gasteiger partial charge in [0.15, 0.2) is 0 Å². The lowest BCUT2D eigenvalue weighted by Crippen LogP contribution is -2.51. The van der Waals surface area contributed by atoms with Crippen LogP contribution in [0.25, 0.3) is 0 Å². The van der Waals surface area contributed by atoms with Crippen molar-refractivity contribution < 1.29 is 24.3 Å². The molecular weight excluding hydrogens is 324 g/mol. The molecule has 0 spiro atoms. The van der Waals surface area contributed by atoms with Gasteiger partial charge in [-0.2, -0.15) is 0 Å². The van der Waals surface area contributed by atoms with Crippen LogP contribution in [-0.2, 0) is 19.2 Å². The molecule has 3 aliphatic rings. The van der Waals surface area contributed by atoms with E-state index in [0.717, 1.165) is 25.7 Å². The lowest BCUT2D eigenvalue weighted by atomic mass is 9.81. The van der Waals surface area contributed by atoms with E-state index in [1.54, 1.807) is 6.92 Å². The Balaban J connectivity index is 1.58. The molecule has 3 fully saturated rings. The second kappa shape index (κ2) is 7.14. The molecule has 0 aromatic rings. The van der Waals surface area contributed by atoms with Gasteiger partial charge in [0.05, 0.1) is 17.8 Å². The quantitative estimate of drug-likeness (QED) is 0.744. The first-order valence-corrected chi connectivity index (χ1v) is 9.30. The standard InChI is InChI=1S/C18H26N2O5/c1-10(15(21)19-12-8-6-11(7-9-12)18(24)25)20-16(22)13-4-2-3-5-14(13)17(20)23/h10-14H,2-9H2,1H3,(H,19,21)(H,24,25). The molecule has 2 aliphatic carbocycles. The maximum Gasteiger partial charge on any atom is 0.306 e. The monoisotopic (exact) mass is 350 g/mol. The predicted octanol–water partition coefficient (Wildman–Crippen LogP) is 1.31. The van der Waals surface area contributed by atoms with Crippen LogP contribution >= 0.6 is 0 Å². The maximum absolute atomic E-state index is 12.6. The summed E-state index contributed by atoms with van der Waals surface area (Å²) in [5.41, 5.74) is 0. The Labute approximate surface area is 147 Å². The lowest BCUT2D eigenvalue weighted by Gasteiger charge is -2.29. The number of rotatable bonds is 4. The molecule has 7 heteroatoms. The zero-order valence-corrected chi connectivity index (χ0v) is 14.6. The van der Waals surface area contributed by atoms with Crippen LogP contribution in [0.2, 0.25) is 0 Å². The number of carboxylic acids is 1. The van der Waals surface area contributed by atoms with Crippen molar-refractivity contribution in [3.63, 3.8) is 0 Å². The number of nitrogens with zero attached hydrogens (tertiary/aromatic N) is 1. The molecule has 1 saturated heterocycles. The number of amides is 3. The van der Waals surface area contributed by atoms with Crippen LogP contribution in [0.4, 0.5) is 0 Å². The Morgan fingerprint density at radius 3 is 2.00 bits per heavy atom. The number of hydrogen-bond acceptors (Lipinski definition) is 4. The van der Waals surface area contributed by atoms with Gasteiger partial charge in [0, 0.05) is 6.04 Å². The van der Waals surface area contributed by atoms with Crippen molar-refractivity contribution in [2.45, 2.75) is 70.4 Å². The van der Waals surface area contributed by atoms with Crippen molar-refractivity contribution in [1.29, 1.82) is 0 Å². The van der Waals surface area contributed by atoms with Gasteiger partial charge < -0.3 is 10.4 Å². The first-order chi connectivity index (χ1) is 11.9. The van der Waals surface area contributed by atoms with Gasteiger partial charge in [0.2, 0.25) is 17.7 Å². The van der Waals surface area contributed by atoms with E-state index in [1.165, 1.54) is 4.90 Å². The number of fused-ring (bicyclic) bond motifs is 1. The molecular formula is C18H26N2O5. The number of aliphatic carboxylic acids is 1. The SMILES string of the molecule is CC(C(=O)NC1CCC(C(=O)O)CC1)N1C(=O)C2CCCCC2C1=O. The molecule has 3 unspecified atom stereocenters. The van der Waals surface area contributed by atoms with Crippen molar-refractivity contribution in [3.8, 4) is 0 Å². The summed E-state index contributed by atoms with van der Waals surface area (Å²) in [7, 11) is 0. The van der Waals surface area contributed by atoms with E-state index in [4.69, 9.17) is 5.11 Å². The number of hydrogen-bond donors (Lipinski definition) is 2. The third kappa shape index (κ3) is 3.41. The molecule has 138 valence electrons. The van der Waals surface area contributed by atoms with Gasteiger partial charge in [-0.05, 0) is 45.4 Å². The average molecular weight is 350 g/mol. The largest absolute Gasteiger partial charge is 0.481 e. The highest BCUT2D eigenvalue weighted by Crippen LogP contribution is 2.38. The van der Waals surface area contributed by atoms with Crippen LogP contribution in [0.5, 0.6) is 0 Å². The molecule has 0 bridgehead atoms. The fourth-order valence-electron chi connectivity index (χ4n) is 4.49. The van der Waals surface area contributed by atoms with Crippen molar-refractivity contribution in [3.05, 3.63) is 0 Å². The number of carbonyl (C=O) groups is 4. The minimum atomic E-state index is -0.803. The molecule has 0 aromatic carbocycles. The zero-order chi connectivity index (χ0) is 18.1. The van der Waals surface area contributed by atoms with E-state index in [1.807, 2.05) is 0 Å². The first kappa shape index (κ1) is 17.9. The first-order valence-electron chi connectivity index (χ1n) is 9.30. The summed E-state index contributed by atoms with van der Waals surface area (Å²) in [6.07, 6.45) is 5.70. The van der Waals surface area contributed by atoms with Crippen molar-refractivity contribution in [2.75, 3.05) is 0 Å². The average Bonchev–Trinajstić information content (AvgIpc) is 2.86. The summed E-state index contributed by atoms with van der Waals surface area (Å²) in [4.78, 5) is 49.8. The number of nitrogens with one attached hydrogen (secondary N) is 1. The highest BCUT2D eigenvalue weighted by molar-refractivity contribution is 6.08. The Morgan fingerprint density at radius 1 is 1.00 bits per heavy atom. The topological polar surface area (TPSA) is 104 Å². The summed E-state index contributed by atoms with van der Waals surface area (Å²) in [5, 5.41) is 11.9. The summed E-state index contributed by atoms with van der Waals surface area (Å²) in [5.74, 6) is -2.34. The van der Waals surface area contributed by atoms with Crippen LogP contribution in [0, 0.1) is 17.8 Å². The summed E-state index contributed by atoms with van der Waals surface area (Å²) < 4.78 is 0. The maximum atomic E-state index is 12.6. The summed E-state index contributed by atoms with van der Waals surface area (Å²) in [6, 6.07) is -0.886. The fraction of sp³-hybridized carbons (Fsp3) is 0.778. The van der Waals surface area contributed by atoms with Crippen molar-refractivity contribution >= 4 is 23.7 Å². The van der Waals surface area contributed by atoms with Crippen LogP contribution < -0.4 is 5.32 Å². The van der Waals surface area contributed by atoms with E-state index >= 15 is 0 Å². The molecule has 7 nitrogen and oxygen atoms in total. The third-order valence-electron chi connectivity index (χ3n) is 6.06. The van der Waals surface area contributed by atoms with Gasteiger partial charge in [-0.3, -0.25) is 24.1 Å². The van der Waals surface area contributed by atoms with Gasteiger partial charge in [-0.1, -0.05) is 12.8 Å². The number of imide groups is 1. The highest BCUT2D eigenvalue weighted by Gasteiger charge is 2.50. The predicted molar refractivity (Wildman–Crippen MR) is 88.3 cm³/mol. The molecule has 25 heavy (non-hydrogen) atoms. The van der Waals surface area contributed by atoms with Crippen LogP contribution in [0.1, 0.15) is 58.3 Å². The normalized spacial score (nSPS) is 33.7. The Morgan fingerprint density at radius 2 is 1.52 bits per heavy atom. The van der Waals surface area contributed by atoms with E-state index in [2.05, 4.69) is 5.32 Å².